The van der Waals surface area contributed by atoms with Crippen LogP contribution in [0.15, 0.2) is 11.5 Å². The predicted octanol–water partition coefficient (Wildman–Crippen LogP) is -3.94. The summed E-state index contributed by atoms with van der Waals surface area (Å²) in [6.45, 7) is 0. The molecule has 0 fully saturated rings. The Labute approximate surface area is 82.4 Å². The van der Waals surface area contributed by atoms with Crippen LogP contribution in [0, 0.1) is 0 Å². The zero-order valence-electron chi connectivity index (χ0n) is 5.64. The Morgan fingerprint density at radius 2 is 2.40 bits per heavy atom. The van der Waals surface area contributed by atoms with E-state index in [1.807, 2.05) is 0 Å². The number of hydrogen-bond acceptors (Lipinski definition) is 4. The number of aromatic nitrogens is 3. The molecule has 0 amide bonds. The fourth-order valence-electron chi connectivity index (χ4n) is 0.424. The van der Waals surface area contributed by atoms with Crippen LogP contribution in [0.3, 0.4) is 0 Å². The quantitative estimate of drug-likeness (QED) is 0.318. The first-order valence-electron chi connectivity index (χ1n) is 2.15. The normalized spacial score (nSPS) is 12.2. The van der Waals surface area contributed by atoms with Crippen LogP contribution < -0.4 is 29.6 Å². The van der Waals surface area contributed by atoms with E-state index in [2.05, 4.69) is 10.2 Å². The van der Waals surface area contributed by atoms with Gasteiger partial charge in [-0.05, 0) is 0 Å². The molecule has 50 valence electrons. The molecule has 1 heterocycles. The van der Waals surface area contributed by atoms with Crippen LogP contribution in [0.25, 0.3) is 0 Å². The second-order valence-corrected chi connectivity index (χ2v) is 2.29. The molecule has 0 spiro atoms. The van der Waals surface area contributed by atoms with Gasteiger partial charge < -0.3 is 9.12 Å². The smallest absolute Gasteiger partial charge is 0.766 e. The van der Waals surface area contributed by atoms with E-state index in [0.717, 1.165) is 0 Å². The fraction of sp³-hybridized carbons (Fsp3) is 0.333. The van der Waals surface area contributed by atoms with Gasteiger partial charge in [0, 0.05) is 18.1 Å². The van der Waals surface area contributed by atoms with Crippen molar-refractivity contribution in [2.45, 2.75) is 5.16 Å². The van der Waals surface area contributed by atoms with Crippen LogP contribution in [0.5, 0.6) is 0 Å². The van der Waals surface area contributed by atoms with Crippen LogP contribution in [-0.4, -0.2) is 23.5 Å². The minimum atomic E-state index is -2.27. The maximum Gasteiger partial charge on any atom is 1.00 e. The zero-order chi connectivity index (χ0) is 6.85. The van der Waals surface area contributed by atoms with Gasteiger partial charge in [-0.25, -0.2) is 0 Å². The molecule has 0 saturated heterocycles. The van der Waals surface area contributed by atoms with Crippen LogP contribution in [-0.2, 0) is 18.1 Å². The summed E-state index contributed by atoms with van der Waals surface area (Å²) in [6, 6.07) is 0. The van der Waals surface area contributed by atoms with Gasteiger partial charge in [0.15, 0.2) is 0 Å². The summed E-state index contributed by atoms with van der Waals surface area (Å²) >= 11 is -2.27. The topological polar surface area (TPSA) is 70.8 Å². The van der Waals surface area contributed by atoms with E-state index < -0.39 is 11.1 Å². The van der Waals surface area contributed by atoms with Crippen molar-refractivity contribution in [1.29, 1.82) is 0 Å². The van der Waals surface area contributed by atoms with Crippen molar-refractivity contribution >= 4 is 11.1 Å². The van der Waals surface area contributed by atoms with Gasteiger partial charge in [-0.1, -0.05) is 0 Å². The molecule has 0 aliphatic rings. The van der Waals surface area contributed by atoms with Crippen LogP contribution in [0.2, 0.25) is 0 Å². The third kappa shape index (κ3) is 2.14. The summed E-state index contributed by atoms with van der Waals surface area (Å²) in [4.78, 5) is 0. The van der Waals surface area contributed by atoms with Gasteiger partial charge in [-0.2, -0.15) is 0 Å². The fourth-order valence-corrected chi connectivity index (χ4v) is 0.820. The zero-order valence-corrected chi connectivity index (χ0v) is 8.46. The van der Waals surface area contributed by atoms with Crippen LogP contribution in [0.4, 0.5) is 0 Å². The number of rotatable bonds is 1. The van der Waals surface area contributed by atoms with E-state index in [-0.39, 0.29) is 34.7 Å². The van der Waals surface area contributed by atoms with Crippen molar-refractivity contribution in [3.8, 4) is 0 Å². The van der Waals surface area contributed by atoms with Gasteiger partial charge in [-0.3, -0.25) is 4.21 Å². The summed E-state index contributed by atoms with van der Waals surface area (Å²) in [5.41, 5.74) is 0. The van der Waals surface area contributed by atoms with E-state index >= 15 is 0 Å². The molecule has 0 radical (unpaired) electrons. The molecule has 0 aliphatic heterocycles. The minimum absolute atomic E-state index is 0. The molecule has 1 atom stereocenters. The van der Waals surface area contributed by atoms with Gasteiger partial charge in [0.05, 0.1) is 0 Å². The number of nitrogens with zero attached hydrogens (tertiary/aromatic N) is 3. The minimum Gasteiger partial charge on any atom is -0.766 e. The molecular weight excluding hydrogens is 165 g/mol. The van der Waals surface area contributed by atoms with Gasteiger partial charge in [-0.15, -0.1) is 10.2 Å². The summed E-state index contributed by atoms with van der Waals surface area (Å²) in [6.07, 6.45) is 1.32. The molecule has 0 bridgehead atoms. The second-order valence-electron chi connectivity index (χ2n) is 1.46. The standard InChI is InChI=1S/C3H5N3O2S.Na/c1-6-2-4-5-3(6)9(7)8;/h2H,1H3,(H,7,8);/q;+1/p-1. The molecule has 1 unspecified atom stereocenters. The van der Waals surface area contributed by atoms with E-state index in [9.17, 15) is 8.76 Å². The third-order valence-corrected chi connectivity index (χ3v) is 1.49. The predicted molar refractivity (Wildman–Crippen MR) is 28.2 cm³/mol. The molecule has 0 saturated carbocycles. The van der Waals surface area contributed by atoms with E-state index in [4.69, 9.17) is 0 Å². The molecule has 0 aliphatic carbocycles. The summed E-state index contributed by atoms with van der Waals surface area (Å²) in [7, 11) is 1.56. The number of hydrogen-bond donors (Lipinski definition) is 0. The average molecular weight is 169 g/mol. The summed E-state index contributed by atoms with van der Waals surface area (Å²) < 4.78 is 21.6. The van der Waals surface area contributed by atoms with E-state index in [0.29, 0.717) is 0 Å². The first-order chi connectivity index (χ1) is 4.22. The number of aryl methyl sites for hydroxylation is 1. The van der Waals surface area contributed by atoms with Crippen molar-refractivity contribution in [1.82, 2.24) is 14.8 Å². The Hall–Kier alpha value is 0.250. The summed E-state index contributed by atoms with van der Waals surface area (Å²) in [5.74, 6) is 0. The van der Waals surface area contributed by atoms with Crippen molar-refractivity contribution in [2.24, 2.45) is 7.05 Å². The Kier molecular flexibility index (Phi) is 4.30. The van der Waals surface area contributed by atoms with Crippen molar-refractivity contribution in [3.63, 3.8) is 0 Å². The molecule has 1 aromatic heterocycles. The maximum absolute atomic E-state index is 10.2. The summed E-state index contributed by atoms with van der Waals surface area (Å²) in [5, 5.41) is 6.63. The van der Waals surface area contributed by atoms with Crippen LogP contribution >= 0.6 is 0 Å². The largest absolute Gasteiger partial charge is 1.00 e. The molecule has 7 heteroatoms. The van der Waals surface area contributed by atoms with Gasteiger partial charge in [0.25, 0.3) is 0 Å². The average Bonchev–Trinajstić information content (AvgIpc) is 2.13. The first kappa shape index (κ1) is 10.2. The SMILES string of the molecule is Cn1cnnc1S(=O)[O-].[Na+]. The molecule has 1 rings (SSSR count). The van der Waals surface area contributed by atoms with E-state index in [1.165, 1.54) is 10.9 Å². The second kappa shape index (κ2) is 4.20. The monoisotopic (exact) mass is 169 g/mol. The molecule has 1 aromatic rings. The first-order valence-corrected chi connectivity index (χ1v) is 3.22. The molecule has 0 aromatic carbocycles. The molecule has 0 N–H and O–H groups in total. The Balaban J connectivity index is 0.000000810. The Bertz CT molecular complexity index is 237. The Morgan fingerprint density at radius 3 is 2.60 bits per heavy atom. The van der Waals surface area contributed by atoms with E-state index in [1.54, 1.807) is 7.05 Å². The Morgan fingerprint density at radius 1 is 1.80 bits per heavy atom. The molecular formula is C3H4N3NaO2S. The molecule has 5 nitrogen and oxygen atoms in total. The van der Waals surface area contributed by atoms with Gasteiger partial charge in [0.2, 0.25) is 5.16 Å². The third-order valence-electron chi connectivity index (χ3n) is 0.819. The van der Waals surface area contributed by atoms with Crippen molar-refractivity contribution in [3.05, 3.63) is 6.33 Å². The van der Waals surface area contributed by atoms with Crippen molar-refractivity contribution < 1.29 is 38.3 Å². The van der Waals surface area contributed by atoms with Crippen LogP contribution in [0.1, 0.15) is 0 Å². The van der Waals surface area contributed by atoms with Gasteiger partial charge >= 0.3 is 29.6 Å². The maximum atomic E-state index is 10.2. The van der Waals surface area contributed by atoms with Crippen molar-refractivity contribution in [2.75, 3.05) is 0 Å². The molecule has 10 heavy (non-hydrogen) atoms. The van der Waals surface area contributed by atoms with Gasteiger partial charge in [0.1, 0.15) is 6.33 Å².